The topological polar surface area (TPSA) is 12.0 Å². The van der Waals surface area contributed by atoms with Crippen LogP contribution in [0.5, 0.6) is 0 Å². The van der Waals surface area contributed by atoms with Crippen LogP contribution in [0.25, 0.3) is 0 Å². The van der Waals surface area contributed by atoms with Gasteiger partial charge in [0, 0.05) is 11.8 Å². The molecule has 1 aliphatic carbocycles. The maximum Gasteiger partial charge on any atom is 0.0158 e. The lowest BCUT2D eigenvalue weighted by atomic mass is 9.80. The van der Waals surface area contributed by atoms with Crippen LogP contribution >= 0.6 is 11.8 Å². The van der Waals surface area contributed by atoms with Crippen molar-refractivity contribution in [1.82, 2.24) is 5.32 Å². The predicted molar refractivity (Wildman–Crippen MR) is 69.5 cm³/mol. The minimum Gasteiger partial charge on any atom is -0.313 e. The SMILES string of the molecule is CC1CCCCC1CNC1CCCSC1. The van der Waals surface area contributed by atoms with E-state index in [0.717, 1.165) is 17.9 Å². The van der Waals surface area contributed by atoms with Crippen LogP contribution < -0.4 is 5.32 Å². The van der Waals surface area contributed by atoms with E-state index in [1.54, 1.807) is 0 Å². The van der Waals surface area contributed by atoms with Gasteiger partial charge in [-0.25, -0.2) is 0 Å². The van der Waals surface area contributed by atoms with Crippen LogP contribution in [0.2, 0.25) is 0 Å². The summed E-state index contributed by atoms with van der Waals surface area (Å²) >= 11 is 2.13. The fourth-order valence-electron chi connectivity index (χ4n) is 2.92. The van der Waals surface area contributed by atoms with Gasteiger partial charge >= 0.3 is 0 Å². The van der Waals surface area contributed by atoms with E-state index in [1.165, 1.54) is 56.6 Å². The van der Waals surface area contributed by atoms with Crippen molar-refractivity contribution in [2.45, 2.75) is 51.5 Å². The Bertz CT molecular complexity index is 177. The maximum atomic E-state index is 3.80. The van der Waals surface area contributed by atoms with Crippen molar-refractivity contribution in [3.8, 4) is 0 Å². The minimum absolute atomic E-state index is 0.817. The molecule has 1 aliphatic heterocycles. The average molecular weight is 227 g/mol. The van der Waals surface area contributed by atoms with Gasteiger partial charge in [-0.2, -0.15) is 11.8 Å². The number of hydrogen-bond acceptors (Lipinski definition) is 2. The molecule has 1 saturated carbocycles. The van der Waals surface area contributed by atoms with Gasteiger partial charge in [0.1, 0.15) is 0 Å². The molecule has 1 saturated heterocycles. The van der Waals surface area contributed by atoms with E-state index in [1.807, 2.05) is 0 Å². The molecule has 0 spiro atoms. The summed E-state index contributed by atoms with van der Waals surface area (Å²) < 4.78 is 0. The number of hydrogen-bond donors (Lipinski definition) is 1. The lowest BCUT2D eigenvalue weighted by Gasteiger charge is -2.31. The Labute approximate surface area is 98.8 Å². The molecule has 2 fully saturated rings. The molecule has 2 rings (SSSR count). The first kappa shape index (κ1) is 11.8. The van der Waals surface area contributed by atoms with Crippen molar-refractivity contribution in [2.24, 2.45) is 11.8 Å². The smallest absolute Gasteiger partial charge is 0.0158 e. The molecule has 0 aromatic heterocycles. The third-order valence-electron chi connectivity index (χ3n) is 4.12. The van der Waals surface area contributed by atoms with Gasteiger partial charge < -0.3 is 5.32 Å². The zero-order chi connectivity index (χ0) is 10.5. The minimum atomic E-state index is 0.817. The van der Waals surface area contributed by atoms with E-state index in [9.17, 15) is 0 Å². The first-order valence-corrected chi connectivity index (χ1v) is 7.83. The lowest BCUT2D eigenvalue weighted by molar-refractivity contribution is 0.241. The summed E-state index contributed by atoms with van der Waals surface area (Å²) in [5.41, 5.74) is 0. The van der Waals surface area contributed by atoms with Crippen molar-refractivity contribution in [3.05, 3.63) is 0 Å². The second kappa shape index (κ2) is 6.15. The summed E-state index contributed by atoms with van der Waals surface area (Å²) in [6, 6.07) is 0.817. The van der Waals surface area contributed by atoms with Crippen molar-refractivity contribution >= 4 is 11.8 Å². The Morgan fingerprint density at radius 3 is 2.73 bits per heavy atom. The quantitative estimate of drug-likeness (QED) is 0.794. The molecule has 88 valence electrons. The molecular weight excluding hydrogens is 202 g/mol. The van der Waals surface area contributed by atoms with Crippen LogP contribution in [0.3, 0.4) is 0 Å². The molecule has 1 heterocycles. The monoisotopic (exact) mass is 227 g/mol. The van der Waals surface area contributed by atoms with Gasteiger partial charge in [-0.3, -0.25) is 0 Å². The second-order valence-electron chi connectivity index (χ2n) is 5.34. The summed E-state index contributed by atoms with van der Waals surface area (Å²) in [6.07, 6.45) is 8.70. The first-order chi connectivity index (χ1) is 7.36. The molecule has 3 unspecified atom stereocenters. The van der Waals surface area contributed by atoms with Gasteiger partial charge in [-0.1, -0.05) is 26.2 Å². The molecule has 2 heteroatoms. The number of thioether (sulfide) groups is 1. The van der Waals surface area contributed by atoms with Crippen molar-refractivity contribution in [2.75, 3.05) is 18.1 Å². The fraction of sp³-hybridized carbons (Fsp3) is 1.00. The first-order valence-electron chi connectivity index (χ1n) is 6.67. The molecule has 15 heavy (non-hydrogen) atoms. The van der Waals surface area contributed by atoms with Crippen LogP contribution in [-0.4, -0.2) is 24.1 Å². The molecule has 1 nitrogen and oxygen atoms in total. The van der Waals surface area contributed by atoms with Crippen molar-refractivity contribution < 1.29 is 0 Å². The molecule has 0 radical (unpaired) electrons. The third-order valence-corrected chi connectivity index (χ3v) is 5.33. The van der Waals surface area contributed by atoms with Gasteiger partial charge in [-0.15, -0.1) is 0 Å². The van der Waals surface area contributed by atoms with Gasteiger partial charge in [0.2, 0.25) is 0 Å². The molecule has 0 aromatic rings. The fourth-order valence-corrected chi connectivity index (χ4v) is 4.02. The second-order valence-corrected chi connectivity index (χ2v) is 6.49. The highest BCUT2D eigenvalue weighted by molar-refractivity contribution is 7.99. The van der Waals surface area contributed by atoms with Crippen LogP contribution in [0.4, 0.5) is 0 Å². The van der Waals surface area contributed by atoms with E-state index in [4.69, 9.17) is 0 Å². The summed E-state index contributed by atoms with van der Waals surface area (Å²) in [5.74, 6) is 4.66. The van der Waals surface area contributed by atoms with E-state index < -0.39 is 0 Å². The van der Waals surface area contributed by atoms with Gasteiger partial charge in [0.15, 0.2) is 0 Å². The normalized spacial score (nSPS) is 37.8. The Hall–Kier alpha value is 0.310. The van der Waals surface area contributed by atoms with E-state index in [-0.39, 0.29) is 0 Å². The summed E-state index contributed by atoms with van der Waals surface area (Å²) in [7, 11) is 0. The molecule has 0 amide bonds. The van der Waals surface area contributed by atoms with Gasteiger partial charge in [0.05, 0.1) is 0 Å². The van der Waals surface area contributed by atoms with Crippen LogP contribution in [0.1, 0.15) is 45.4 Å². The molecule has 0 bridgehead atoms. The lowest BCUT2D eigenvalue weighted by Crippen LogP contribution is -2.39. The zero-order valence-electron chi connectivity index (χ0n) is 10.0. The molecule has 1 N–H and O–H groups in total. The van der Waals surface area contributed by atoms with E-state index in [2.05, 4.69) is 24.0 Å². The summed E-state index contributed by atoms with van der Waals surface area (Å²) in [5, 5.41) is 3.80. The summed E-state index contributed by atoms with van der Waals surface area (Å²) in [4.78, 5) is 0. The van der Waals surface area contributed by atoms with E-state index in [0.29, 0.717) is 0 Å². The van der Waals surface area contributed by atoms with Crippen molar-refractivity contribution in [1.29, 1.82) is 0 Å². The van der Waals surface area contributed by atoms with Crippen LogP contribution in [0.15, 0.2) is 0 Å². The largest absolute Gasteiger partial charge is 0.313 e. The van der Waals surface area contributed by atoms with Gasteiger partial charge in [-0.05, 0) is 43.4 Å². The Kier molecular flexibility index (Phi) is 4.83. The van der Waals surface area contributed by atoms with Gasteiger partial charge in [0.25, 0.3) is 0 Å². The molecule has 2 aliphatic rings. The molecule has 0 aromatic carbocycles. The predicted octanol–water partition coefficient (Wildman–Crippen LogP) is 3.30. The standard InChI is InChI=1S/C13H25NS/c1-11-5-2-3-6-12(11)9-14-13-7-4-8-15-10-13/h11-14H,2-10H2,1H3. The number of rotatable bonds is 3. The Morgan fingerprint density at radius 1 is 1.13 bits per heavy atom. The maximum absolute atomic E-state index is 3.80. The Balaban J connectivity index is 1.67. The van der Waals surface area contributed by atoms with Crippen molar-refractivity contribution in [3.63, 3.8) is 0 Å². The average Bonchev–Trinajstić information content (AvgIpc) is 2.29. The summed E-state index contributed by atoms with van der Waals surface area (Å²) in [6.45, 7) is 3.73. The highest BCUT2D eigenvalue weighted by Gasteiger charge is 2.22. The highest BCUT2D eigenvalue weighted by Crippen LogP contribution is 2.29. The zero-order valence-corrected chi connectivity index (χ0v) is 10.8. The molecule has 3 atom stereocenters. The highest BCUT2D eigenvalue weighted by atomic mass is 32.2. The Morgan fingerprint density at radius 2 is 2.00 bits per heavy atom. The van der Waals surface area contributed by atoms with Crippen LogP contribution in [-0.2, 0) is 0 Å². The third kappa shape index (κ3) is 3.67. The molecular formula is C13H25NS. The van der Waals surface area contributed by atoms with E-state index >= 15 is 0 Å². The van der Waals surface area contributed by atoms with Crippen LogP contribution in [0, 0.1) is 11.8 Å². The number of nitrogens with one attached hydrogen (secondary N) is 1.